The number of aliphatic hydroxyl groups excluding tert-OH is 3. The van der Waals surface area contributed by atoms with Crippen LogP contribution in [-0.2, 0) is 13.6 Å². The van der Waals surface area contributed by atoms with Crippen LogP contribution < -0.4 is 0 Å². The van der Waals surface area contributed by atoms with Crippen LogP contribution in [0.25, 0.3) is 0 Å². The first-order valence-corrected chi connectivity index (χ1v) is 9.36. The normalized spacial score (nSPS) is 24.3. The van der Waals surface area contributed by atoms with Crippen LogP contribution in [0.5, 0.6) is 0 Å². The number of hydrogen-bond acceptors (Lipinski definition) is 7. The van der Waals surface area contributed by atoms with Gasteiger partial charge in [0.05, 0.1) is 31.9 Å². The van der Waals surface area contributed by atoms with Gasteiger partial charge in [-0.05, 0) is 32.2 Å². The lowest BCUT2D eigenvalue weighted by Gasteiger charge is -2.36. The molecule has 1 atom stereocenters. The molecular formula is C17H31N5O3. The van der Waals surface area contributed by atoms with Crippen molar-refractivity contribution in [1.29, 1.82) is 0 Å². The Kier molecular flexibility index (Phi) is 6.40. The molecule has 2 aliphatic rings. The molecule has 0 amide bonds. The van der Waals surface area contributed by atoms with E-state index < -0.39 is 0 Å². The zero-order valence-corrected chi connectivity index (χ0v) is 15.1. The molecular weight excluding hydrogens is 322 g/mol. The van der Waals surface area contributed by atoms with Gasteiger partial charge in [-0.3, -0.25) is 9.80 Å². The second-order valence-corrected chi connectivity index (χ2v) is 7.39. The summed E-state index contributed by atoms with van der Waals surface area (Å²) in [5, 5.41) is 37.4. The fourth-order valence-electron chi connectivity index (χ4n) is 3.98. The summed E-state index contributed by atoms with van der Waals surface area (Å²) in [6, 6.07) is -0.185. The Morgan fingerprint density at radius 3 is 2.48 bits per heavy atom. The van der Waals surface area contributed by atoms with Crippen molar-refractivity contribution in [2.75, 3.05) is 39.4 Å². The first-order valence-electron chi connectivity index (χ1n) is 9.36. The fraction of sp³-hybridized carbons (Fsp3) is 0.882. The van der Waals surface area contributed by atoms with Crippen LogP contribution in [0.2, 0.25) is 0 Å². The molecule has 0 radical (unpaired) electrons. The summed E-state index contributed by atoms with van der Waals surface area (Å²) in [6.45, 7) is 4.23. The molecule has 8 heteroatoms. The highest BCUT2D eigenvalue weighted by Gasteiger charge is 2.29. The summed E-state index contributed by atoms with van der Waals surface area (Å²) in [6.07, 6.45) is 3.58. The molecule has 1 aromatic heterocycles. The second kappa shape index (κ2) is 8.55. The highest BCUT2D eigenvalue weighted by Crippen LogP contribution is 2.27. The molecule has 0 saturated carbocycles. The minimum atomic E-state index is -0.185. The summed E-state index contributed by atoms with van der Waals surface area (Å²) in [5.74, 6) is 2.24. The molecule has 0 aliphatic carbocycles. The summed E-state index contributed by atoms with van der Waals surface area (Å²) < 4.78 is 2.10. The Bertz CT molecular complexity index is 540. The predicted octanol–water partition coefficient (Wildman–Crippen LogP) is -0.696. The van der Waals surface area contributed by atoms with E-state index in [9.17, 15) is 15.3 Å². The van der Waals surface area contributed by atoms with Gasteiger partial charge in [0.25, 0.3) is 0 Å². The van der Waals surface area contributed by atoms with Crippen molar-refractivity contribution in [3.05, 3.63) is 11.6 Å². The zero-order valence-electron chi connectivity index (χ0n) is 15.1. The Hall–Kier alpha value is -1.06. The van der Waals surface area contributed by atoms with Gasteiger partial charge >= 0.3 is 0 Å². The third kappa shape index (κ3) is 4.38. The average Bonchev–Trinajstić information content (AvgIpc) is 2.99. The van der Waals surface area contributed by atoms with Crippen LogP contribution in [0, 0.1) is 0 Å². The molecule has 2 fully saturated rings. The number of hydrogen-bond donors (Lipinski definition) is 3. The zero-order chi connectivity index (χ0) is 17.8. The summed E-state index contributed by atoms with van der Waals surface area (Å²) in [7, 11) is 2.03. The number of nitrogens with zero attached hydrogens (tertiary/aromatic N) is 5. The topological polar surface area (TPSA) is 97.9 Å². The van der Waals surface area contributed by atoms with Gasteiger partial charge < -0.3 is 19.9 Å². The molecule has 3 heterocycles. The lowest BCUT2D eigenvalue weighted by Crippen LogP contribution is -2.46. The minimum absolute atomic E-state index is 0.0197. The monoisotopic (exact) mass is 353 g/mol. The molecule has 2 aliphatic heterocycles. The van der Waals surface area contributed by atoms with Crippen LogP contribution in [0.4, 0.5) is 0 Å². The number of likely N-dealkylation sites (tertiary alicyclic amines) is 2. The second-order valence-electron chi connectivity index (χ2n) is 7.39. The smallest absolute Gasteiger partial charge is 0.146 e. The first-order chi connectivity index (χ1) is 12.1. The number of rotatable bonds is 6. The van der Waals surface area contributed by atoms with Gasteiger partial charge in [0.2, 0.25) is 0 Å². The van der Waals surface area contributed by atoms with E-state index in [4.69, 9.17) is 0 Å². The SMILES string of the molecule is Cn1c(CN2CCC(O)CC2)nnc1C1CCCN(C(CO)CO)C1. The van der Waals surface area contributed by atoms with E-state index >= 15 is 0 Å². The maximum atomic E-state index is 9.63. The number of piperidine rings is 2. The van der Waals surface area contributed by atoms with Crippen molar-refractivity contribution in [1.82, 2.24) is 24.6 Å². The largest absolute Gasteiger partial charge is 0.395 e. The van der Waals surface area contributed by atoms with E-state index in [0.29, 0.717) is 0 Å². The molecule has 3 N–H and O–H groups in total. The van der Waals surface area contributed by atoms with E-state index in [0.717, 1.165) is 70.1 Å². The van der Waals surface area contributed by atoms with Gasteiger partial charge in [0.1, 0.15) is 11.6 Å². The van der Waals surface area contributed by atoms with Crippen molar-refractivity contribution in [3.8, 4) is 0 Å². The quantitative estimate of drug-likeness (QED) is 0.622. The Morgan fingerprint density at radius 1 is 1.08 bits per heavy atom. The summed E-state index contributed by atoms with van der Waals surface area (Å²) in [5.41, 5.74) is 0. The maximum Gasteiger partial charge on any atom is 0.146 e. The van der Waals surface area contributed by atoms with Crippen molar-refractivity contribution in [2.45, 2.75) is 50.3 Å². The van der Waals surface area contributed by atoms with Crippen molar-refractivity contribution >= 4 is 0 Å². The van der Waals surface area contributed by atoms with E-state index in [1.54, 1.807) is 0 Å². The third-order valence-corrected chi connectivity index (χ3v) is 5.68. The maximum absolute atomic E-state index is 9.63. The van der Waals surface area contributed by atoms with Gasteiger partial charge in [-0.1, -0.05) is 0 Å². The Labute approximate surface area is 149 Å². The molecule has 3 rings (SSSR count). The molecule has 0 bridgehead atoms. The van der Waals surface area contributed by atoms with Crippen LogP contribution in [0.3, 0.4) is 0 Å². The van der Waals surface area contributed by atoms with Gasteiger partial charge in [-0.15, -0.1) is 10.2 Å². The van der Waals surface area contributed by atoms with Crippen LogP contribution >= 0.6 is 0 Å². The third-order valence-electron chi connectivity index (χ3n) is 5.68. The van der Waals surface area contributed by atoms with Crippen molar-refractivity contribution in [3.63, 3.8) is 0 Å². The Balaban J connectivity index is 1.64. The lowest BCUT2D eigenvalue weighted by molar-refractivity contribution is 0.0537. The fourth-order valence-corrected chi connectivity index (χ4v) is 3.98. The summed E-state index contributed by atoms with van der Waals surface area (Å²) >= 11 is 0. The lowest BCUT2D eigenvalue weighted by atomic mass is 9.96. The molecule has 142 valence electrons. The van der Waals surface area contributed by atoms with Crippen LogP contribution in [0.1, 0.15) is 43.3 Å². The van der Waals surface area contributed by atoms with E-state index in [2.05, 4.69) is 24.6 Å². The van der Waals surface area contributed by atoms with Gasteiger partial charge in [-0.25, -0.2) is 0 Å². The van der Waals surface area contributed by atoms with Crippen LogP contribution in [0.15, 0.2) is 0 Å². The van der Waals surface area contributed by atoms with Gasteiger partial charge in [0, 0.05) is 32.6 Å². The predicted molar refractivity (Wildman–Crippen MR) is 93.0 cm³/mol. The molecule has 25 heavy (non-hydrogen) atoms. The molecule has 1 unspecified atom stereocenters. The van der Waals surface area contributed by atoms with E-state index in [1.807, 2.05) is 7.05 Å². The summed E-state index contributed by atoms with van der Waals surface area (Å²) in [4.78, 5) is 4.48. The molecule has 2 saturated heterocycles. The molecule has 8 nitrogen and oxygen atoms in total. The van der Waals surface area contributed by atoms with Crippen molar-refractivity contribution < 1.29 is 15.3 Å². The molecule has 0 aromatic carbocycles. The molecule has 0 spiro atoms. The number of aliphatic hydroxyl groups is 3. The van der Waals surface area contributed by atoms with E-state index in [-0.39, 0.29) is 31.3 Å². The van der Waals surface area contributed by atoms with Gasteiger partial charge in [-0.2, -0.15) is 0 Å². The van der Waals surface area contributed by atoms with Gasteiger partial charge in [0.15, 0.2) is 0 Å². The highest BCUT2D eigenvalue weighted by molar-refractivity contribution is 5.04. The first kappa shape index (κ1) is 18.7. The average molecular weight is 353 g/mol. The highest BCUT2D eigenvalue weighted by atomic mass is 16.3. The van der Waals surface area contributed by atoms with E-state index in [1.165, 1.54) is 0 Å². The molecule has 1 aromatic rings. The Morgan fingerprint density at radius 2 is 1.80 bits per heavy atom. The van der Waals surface area contributed by atoms with Crippen LogP contribution in [-0.4, -0.2) is 91.4 Å². The van der Waals surface area contributed by atoms with Crippen molar-refractivity contribution in [2.24, 2.45) is 7.05 Å². The minimum Gasteiger partial charge on any atom is -0.395 e. The standard InChI is InChI=1S/C17H31N5O3/c1-20-16(10-21-7-4-15(25)5-8-21)18-19-17(20)13-3-2-6-22(9-13)14(11-23)12-24/h13-15,23-25H,2-12H2,1H3. The number of aromatic nitrogens is 3.